The van der Waals surface area contributed by atoms with E-state index in [0.717, 1.165) is 32.2 Å². The van der Waals surface area contributed by atoms with Crippen LogP contribution in [0.1, 0.15) is 32.6 Å². The average molecular weight is 229 g/mol. The summed E-state index contributed by atoms with van der Waals surface area (Å²) in [4.78, 5) is 13.2. The highest BCUT2D eigenvalue weighted by Gasteiger charge is 2.21. The molecule has 0 aliphatic heterocycles. The first-order valence-electron chi connectivity index (χ1n) is 6.13. The zero-order valence-electron chi connectivity index (χ0n) is 10.3. The van der Waals surface area contributed by atoms with Crippen LogP contribution in [0, 0.1) is 5.92 Å². The number of hydrogen-bond donors (Lipinski definition) is 1. The zero-order chi connectivity index (χ0) is 12.0. The van der Waals surface area contributed by atoms with Crippen LogP contribution in [0.15, 0.2) is 0 Å². The summed E-state index contributed by atoms with van der Waals surface area (Å²) in [6.07, 6.45) is 4.16. The van der Waals surface area contributed by atoms with Gasteiger partial charge in [-0.2, -0.15) is 0 Å². The van der Waals surface area contributed by atoms with Gasteiger partial charge in [0.25, 0.3) is 0 Å². The number of amides is 1. The summed E-state index contributed by atoms with van der Waals surface area (Å²) in [7, 11) is 1.79. The Labute approximate surface area is 97.6 Å². The Morgan fingerprint density at radius 1 is 1.38 bits per heavy atom. The minimum Gasteiger partial charge on any atom is -0.396 e. The molecule has 16 heavy (non-hydrogen) atoms. The number of ether oxygens (including phenoxy) is 1. The summed E-state index contributed by atoms with van der Waals surface area (Å²) < 4.78 is 5.59. The van der Waals surface area contributed by atoms with E-state index in [9.17, 15) is 4.79 Å². The van der Waals surface area contributed by atoms with Crippen molar-refractivity contribution in [1.29, 1.82) is 0 Å². The molecule has 1 aliphatic carbocycles. The molecule has 1 rings (SSSR count). The lowest BCUT2D eigenvalue weighted by Crippen LogP contribution is -2.33. The van der Waals surface area contributed by atoms with Crippen molar-refractivity contribution in [1.82, 2.24) is 4.90 Å². The van der Waals surface area contributed by atoms with Crippen molar-refractivity contribution in [3.63, 3.8) is 0 Å². The summed E-state index contributed by atoms with van der Waals surface area (Å²) >= 11 is 0. The van der Waals surface area contributed by atoms with Gasteiger partial charge in [-0.15, -0.1) is 0 Å². The van der Waals surface area contributed by atoms with E-state index in [1.54, 1.807) is 11.9 Å². The van der Waals surface area contributed by atoms with Gasteiger partial charge in [-0.05, 0) is 38.5 Å². The van der Waals surface area contributed by atoms with Gasteiger partial charge in [0.2, 0.25) is 5.91 Å². The standard InChI is InChI=1S/C12H23NO3/c1-3-13(2)12(15)9-16-11-6-4-10(8-14)5-7-11/h10-11,14H,3-9H2,1-2H3. The lowest BCUT2D eigenvalue weighted by molar-refractivity contribution is -0.137. The third-order valence-corrected chi connectivity index (χ3v) is 3.39. The predicted octanol–water partition coefficient (Wildman–Crippen LogP) is 1.03. The molecule has 1 amide bonds. The molecule has 0 aromatic rings. The molecule has 1 saturated carbocycles. The number of carbonyl (C=O) groups excluding carboxylic acids is 1. The fourth-order valence-electron chi connectivity index (χ4n) is 1.96. The van der Waals surface area contributed by atoms with Gasteiger partial charge in [0.15, 0.2) is 0 Å². The van der Waals surface area contributed by atoms with Crippen molar-refractivity contribution in [2.75, 3.05) is 26.8 Å². The number of carbonyl (C=O) groups is 1. The van der Waals surface area contributed by atoms with Crippen LogP contribution < -0.4 is 0 Å². The van der Waals surface area contributed by atoms with Crippen molar-refractivity contribution in [2.45, 2.75) is 38.7 Å². The third kappa shape index (κ3) is 4.10. The van der Waals surface area contributed by atoms with Crippen molar-refractivity contribution >= 4 is 5.91 Å². The average Bonchev–Trinajstić information content (AvgIpc) is 2.35. The molecule has 0 spiro atoms. The number of aliphatic hydroxyl groups excluding tert-OH is 1. The highest BCUT2D eigenvalue weighted by atomic mass is 16.5. The van der Waals surface area contributed by atoms with E-state index in [1.165, 1.54) is 0 Å². The lowest BCUT2D eigenvalue weighted by atomic mass is 9.88. The smallest absolute Gasteiger partial charge is 0.248 e. The van der Waals surface area contributed by atoms with Crippen LogP contribution in [-0.2, 0) is 9.53 Å². The molecule has 0 radical (unpaired) electrons. The Kier molecular flexibility index (Phi) is 5.77. The van der Waals surface area contributed by atoms with Gasteiger partial charge in [-0.25, -0.2) is 0 Å². The molecule has 0 aromatic carbocycles. The second kappa shape index (κ2) is 6.86. The van der Waals surface area contributed by atoms with E-state index in [-0.39, 0.29) is 25.2 Å². The third-order valence-electron chi connectivity index (χ3n) is 3.39. The largest absolute Gasteiger partial charge is 0.396 e. The van der Waals surface area contributed by atoms with E-state index < -0.39 is 0 Å². The van der Waals surface area contributed by atoms with Crippen molar-refractivity contribution in [2.24, 2.45) is 5.92 Å². The van der Waals surface area contributed by atoms with Crippen LogP contribution in [0.2, 0.25) is 0 Å². The molecular weight excluding hydrogens is 206 g/mol. The van der Waals surface area contributed by atoms with Crippen molar-refractivity contribution in [3.8, 4) is 0 Å². The molecule has 0 atom stereocenters. The molecule has 0 saturated heterocycles. The molecule has 0 aromatic heterocycles. The number of nitrogens with zero attached hydrogens (tertiary/aromatic N) is 1. The normalized spacial score (nSPS) is 25.4. The number of rotatable bonds is 5. The molecule has 1 aliphatic rings. The quantitative estimate of drug-likeness (QED) is 0.766. The van der Waals surface area contributed by atoms with Crippen LogP contribution >= 0.6 is 0 Å². The SMILES string of the molecule is CCN(C)C(=O)COC1CCC(CO)CC1. The molecule has 1 N–H and O–H groups in total. The van der Waals surface area contributed by atoms with Crippen LogP contribution in [0.5, 0.6) is 0 Å². The molecule has 94 valence electrons. The van der Waals surface area contributed by atoms with E-state index in [2.05, 4.69) is 0 Å². The lowest BCUT2D eigenvalue weighted by Gasteiger charge is -2.27. The molecule has 0 unspecified atom stereocenters. The Morgan fingerprint density at radius 3 is 2.50 bits per heavy atom. The summed E-state index contributed by atoms with van der Waals surface area (Å²) in [5, 5.41) is 9.00. The van der Waals surface area contributed by atoms with E-state index in [4.69, 9.17) is 9.84 Å². The predicted molar refractivity (Wildman–Crippen MR) is 62.1 cm³/mol. The minimum atomic E-state index is 0.0479. The summed E-state index contributed by atoms with van der Waals surface area (Å²) in [6.45, 7) is 3.15. The molecule has 4 nitrogen and oxygen atoms in total. The van der Waals surface area contributed by atoms with E-state index in [1.807, 2.05) is 6.92 Å². The Morgan fingerprint density at radius 2 is 2.00 bits per heavy atom. The fourth-order valence-corrected chi connectivity index (χ4v) is 1.96. The molecule has 4 heteroatoms. The Bertz CT molecular complexity index is 212. The first-order valence-corrected chi connectivity index (χ1v) is 6.13. The van der Waals surface area contributed by atoms with Gasteiger partial charge >= 0.3 is 0 Å². The van der Waals surface area contributed by atoms with Gasteiger partial charge < -0.3 is 14.7 Å². The van der Waals surface area contributed by atoms with Crippen LogP contribution in [0.3, 0.4) is 0 Å². The second-order valence-corrected chi connectivity index (χ2v) is 4.54. The first-order chi connectivity index (χ1) is 7.67. The number of aliphatic hydroxyl groups is 1. The van der Waals surface area contributed by atoms with Crippen molar-refractivity contribution < 1.29 is 14.6 Å². The summed E-state index contributed by atoms with van der Waals surface area (Å²) in [6, 6.07) is 0. The van der Waals surface area contributed by atoms with Crippen LogP contribution in [0.25, 0.3) is 0 Å². The second-order valence-electron chi connectivity index (χ2n) is 4.54. The van der Waals surface area contributed by atoms with Gasteiger partial charge in [0.05, 0.1) is 6.10 Å². The first kappa shape index (κ1) is 13.5. The number of hydrogen-bond acceptors (Lipinski definition) is 3. The maximum absolute atomic E-state index is 11.5. The van der Waals surface area contributed by atoms with E-state index >= 15 is 0 Å². The van der Waals surface area contributed by atoms with Gasteiger partial charge in [0.1, 0.15) is 6.61 Å². The molecular formula is C12H23NO3. The maximum Gasteiger partial charge on any atom is 0.248 e. The summed E-state index contributed by atoms with van der Waals surface area (Å²) in [5.41, 5.74) is 0. The molecule has 1 fully saturated rings. The van der Waals surface area contributed by atoms with Crippen molar-refractivity contribution in [3.05, 3.63) is 0 Å². The van der Waals surface area contributed by atoms with Gasteiger partial charge in [-0.3, -0.25) is 4.79 Å². The van der Waals surface area contributed by atoms with Gasteiger partial charge in [0, 0.05) is 20.2 Å². The molecule has 0 heterocycles. The monoisotopic (exact) mass is 229 g/mol. The maximum atomic E-state index is 11.5. The van der Waals surface area contributed by atoms with Gasteiger partial charge in [-0.1, -0.05) is 0 Å². The van der Waals surface area contributed by atoms with Crippen LogP contribution in [-0.4, -0.2) is 48.8 Å². The number of likely N-dealkylation sites (N-methyl/N-ethyl adjacent to an activating group) is 1. The summed E-state index contributed by atoms with van der Waals surface area (Å²) in [5.74, 6) is 0.487. The highest BCUT2D eigenvalue weighted by molar-refractivity contribution is 5.77. The minimum absolute atomic E-state index is 0.0479. The molecule has 0 bridgehead atoms. The van der Waals surface area contributed by atoms with Crippen LogP contribution in [0.4, 0.5) is 0 Å². The zero-order valence-corrected chi connectivity index (χ0v) is 10.3. The highest BCUT2D eigenvalue weighted by Crippen LogP contribution is 2.25. The fraction of sp³-hybridized carbons (Fsp3) is 0.917. The van der Waals surface area contributed by atoms with E-state index in [0.29, 0.717) is 5.92 Å². The Balaban J connectivity index is 2.17. The Hall–Kier alpha value is -0.610. The topological polar surface area (TPSA) is 49.8 Å².